The van der Waals surface area contributed by atoms with Gasteiger partial charge < -0.3 is 15.4 Å². The van der Waals surface area contributed by atoms with Crippen LogP contribution in [0.1, 0.15) is 49.0 Å². The molecule has 0 bridgehead atoms. The molecule has 0 spiro atoms. The van der Waals surface area contributed by atoms with E-state index in [9.17, 15) is 9.18 Å². The third-order valence-electron chi connectivity index (χ3n) is 6.63. The first-order valence-electron chi connectivity index (χ1n) is 12.3. The molecule has 1 aliphatic carbocycles. The molecule has 9 nitrogen and oxygen atoms in total. The number of rotatable bonds is 7. The Morgan fingerprint density at radius 3 is 2.67 bits per heavy atom. The summed E-state index contributed by atoms with van der Waals surface area (Å²) in [5, 5.41) is 16.1. The van der Waals surface area contributed by atoms with Gasteiger partial charge in [-0.1, -0.05) is 0 Å². The summed E-state index contributed by atoms with van der Waals surface area (Å²) in [6, 6.07) is 6.57. The number of carbonyl (C=O) groups is 1. The fraction of sp³-hybridized carbons (Fsp3) is 0.385. The molecule has 0 saturated heterocycles. The van der Waals surface area contributed by atoms with Gasteiger partial charge in [0.25, 0.3) is 5.91 Å². The maximum Gasteiger partial charge on any atom is 0.251 e. The number of aromatic nitrogens is 5. The van der Waals surface area contributed by atoms with Crippen LogP contribution in [0.2, 0.25) is 0 Å². The van der Waals surface area contributed by atoms with Gasteiger partial charge >= 0.3 is 0 Å². The molecule has 5 rings (SSSR count). The van der Waals surface area contributed by atoms with E-state index < -0.39 is 5.82 Å². The van der Waals surface area contributed by atoms with E-state index in [2.05, 4.69) is 31.5 Å². The van der Waals surface area contributed by atoms with Gasteiger partial charge in [-0.15, -0.1) is 0 Å². The van der Waals surface area contributed by atoms with Crippen LogP contribution in [0.25, 0.3) is 22.2 Å². The van der Waals surface area contributed by atoms with Crippen molar-refractivity contribution in [1.82, 2.24) is 29.9 Å². The van der Waals surface area contributed by atoms with Gasteiger partial charge in [0, 0.05) is 55.6 Å². The topological polar surface area (TPSA) is 98.9 Å². The zero-order chi connectivity index (χ0) is 25.2. The van der Waals surface area contributed by atoms with E-state index in [1.54, 1.807) is 10.7 Å². The number of anilines is 1. The molecule has 10 heteroatoms. The van der Waals surface area contributed by atoms with Gasteiger partial charge in [-0.2, -0.15) is 10.2 Å². The lowest BCUT2D eigenvalue weighted by atomic mass is 9.93. The number of ether oxygens (including phenoxy) is 1. The first kappa shape index (κ1) is 23.8. The molecule has 0 radical (unpaired) electrons. The molecule has 2 N–H and O–H groups in total. The SMILES string of the molecule is CCNc1cc2c(cn1)c(-c1cnn(C)c1)nn2[C@H]1CC[C@@H](Oc2ccc(C(=O)NC)cc2F)CC1. The summed E-state index contributed by atoms with van der Waals surface area (Å²) in [4.78, 5) is 16.3. The fourth-order valence-electron chi connectivity index (χ4n) is 4.81. The van der Waals surface area contributed by atoms with Gasteiger partial charge in [0.1, 0.15) is 11.5 Å². The van der Waals surface area contributed by atoms with Crippen molar-refractivity contribution >= 4 is 22.6 Å². The molecule has 3 heterocycles. The number of nitrogens with one attached hydrogen (secondary N) is 2. The second kappa shape index (κ2) is 9.96. The van der Waals surface area contributed by atoms with E-state index in [0.717, 1.165) is 60.2 Å². The molecule has 1 aromatic carbocycles. The molecular weight excluding hydrogens is 461 g/mol. The summed E-state index contributed by atoms with van der Waals surface area (Å²) in [7, 11) is 3.41. The van der Waals surface area contributed by atoms with Crippen LogP contribution in [0, 0.1) is 5.82 Å². The molecule has 1 amide bonds. The molecule has 0 aliphatic heterocycles. The van der Waals surface area contributed by atoms with Crippen LogP contribution >= 0.6 is 0 Å². The van der Waals surface area contributed by atoms with Crippen molar-refractivity contribution in [2.24, 2.45) is 7.05 Å². The summed E-state index contributed by atoms with van der Waals surface area (Å²) >= 11 is 0. The molecule has 1 saturated carbocycles. The zero-order valence-electron chi connectivity index (χ0n) is 20.7. The number of hydrogen-bond acceptors (Lipinski definition) is 6. The van der Waals surface area contributed by atoms with Crippen molar-refractivity contribution < 1.29 is 13.9 Å². The van der Waals surface area contributed by atoms with Crippen molar-refractivity contribution in [3.8, 4) is 17.0 Å². The minimum Gasteiger partial charge on any atom is -0.487 e. The number of benzene rings is 1. The Balaban J connectivity index is 1.35. The minimum absolute atomic E-state index is 0.0970. The third-order valence-corrected chi connectivity index (χ3v) is 6.63. The minimum atomic E-state index is -0.527. The smallest absolute Gasteiger partial charge is 0.251 e. The van der Waals surface area contributed by atoms with E-state index in [4.69, 9.17) is 9.84 Å². The number of halogens is 1. The number of carbonyl (C=O) groups excluding carboxylic acids is 1. The summed E-state index contributed by atoms with van der Waals surface area (Å²) in [6.07, 6.45) is 8.80. The van der Waals surface area contributed by atoms with Crippen LogP contribution in [-0.4, -0.2) is 50.1 Å². The van der Waals surface area contributed by atoms with Gasteiger partial charge in [-0.3, -0.25) is 14.2 Å². The van der Waals surface area contributed by atoms with Crippen molar-refractivity contribution in [3.05, 3.63) is 54.2 Å². The molecular formula is C26H30FN7O2. The standard InChI is InChI=1S/C26H30FN7O2/c1-4-29-24-12-22-20(14-30-24)25(17-13-31-33(3)15-17)32-34(22)18-6-8-19(9-7-18)36-23-10-5-16(11-21(23)27)26(35)28-2/h5,10-15,18-19H,4,6-9H2,1-3H3,(H,28,35)(H,29,30)/t18-,19+. The molecule has 3 aromatic heterocycles. The Morgan fingerprint density at radius 1 is 1.19 bits per heavy atom. The highest BCUT2D eigenvalue weighted by molar-refractivity contribution is 5.94. The Labute approximate surface area is 208 Å². The maximum atomic E-state index is 14.5. The number of fused-ring (bicyclic) bond motifs is 1. The van der Waals surface area contributed by atoms with Gasteiger partial charge in [0.2, 0.25) is 0 Å². The van der Waals surface area contributed by atoms with Gasteiger partial charge in [-0.05, 0) is 50.8 Å². The monoisotopic (exact) mass is 491 g/mol. The van der Waals surface area contributed by atoms with Crippen LogP contribution in [0.3, 0.4) is 0 Å². The lowest BCUT2D eigenvalue weighted by Crippen LogP contribution is -2.26. The van der Waals surface area contributed by atoms with Crippen molar-refractivity contribution in [3.63, 3.8) is 0 Å². The average Bonchev–Trinajstić information content (AvgIpc) is 3.48. The second-order valence-electron chi connectivity index (χ2n) is 9.09. The molecule has 0 atom stereocenters. The van der Waals surface area contributed by atoms with Crippen molar-refractivity contribution in [1.29, 1.82) is 0 Å². The normalized spacial score (nSPS) is 17.8. The first-order valence-corrected chi connectivity index (χ1v) is 12.3. The summed E-state index contributed by atoms with van der Waals surface area (Å²) in [5.41, 5.74) is 3.12. The molecule has 36 heavy (non-hydrogen) atoms. The van der Waals surface area contributed by atoms with Crippen LogP contribution in [0.5, 0.6) is 5.75 Å². The number of hydrogen-bond donors (Lipinski definition) is 2. The van der Waals surface area contributed by atoms with Gasteiger partial charge in [0.15, 0.2) is 11.6 Å². The maximum absolute atomic E-state index is 14.5. The van der Waals surface area contributed by atoms with Gasteiger partial charge in [0.05, 0.1) is 23.9 Å². The van der Waals surface area contributed by atoms with Crippen LogP contribution < -0.4 is 15.4 Å². The number of aryl methyl sites for hydroxylation is 1. The number of nitrogens with zero attached hydrogens (tertiary/aromatic N) is 5. The van der Waals surface area contributed by atoms with Crippen LogP contribution in [-0.2, 0) is 7.05 Å². The van der Waals surface area contributed by atoms with E-state index in [0.29, 0.717) is 0 Å². The Hall–Kier alpha value is -3.95. The second-order valence-corrected chi connectivity index (χ2v) is 9.09. The van der Waals surface area contributed by atoms with E-state index in [1.165, 1.54) is 19.2 Å². The van der Waals surface area contributed by atoms with E-state index in [1.807, 2.05) is 32.6 Å². The summed E-state index contributed by atoms with van der Waals surface area (Å²) < 4.78 is 24.4. The van der Waals surface area contributed by atoms with Crippen molar-refractivity contribution in [2.45, 2.75) is 44.8 Å². The average molecular weight is 492 g/mol. The largest absolute Gasteiger partial charge is 0.487 e. The summed E-state index contributed by atoms with van der Waals surface area (Å²) in [6.45, 7) is 2.83. The summed E-state index contributed by atoms with van der Waals surface area (Å²) in [5.74, 6) is 0.138. The number of pyridine rings is 1. The quantitative estimate of drug-likeness (QED) is 0.399. The molecule has 1 fully saturated rings. The highest BCUT2D eigenvalue weighted by Gasteiger charge is 2.27. The van der Waals surface area contributed by atoms with Gasteiger partial charge in [-0.25, -0.2) is 9.37 Å². The van der Waals surface area contributed by atoms with Crippen molar-refractivity contribution in [2.75, 3.05) is 18.9 Å². The fourth-order valence-corrected chi connectivity index (χ4v) is 4.81. The number of amides is 1. The molecule has 4 aromatic rings. The zero-order valence-corrected chi connectivity index (χ0v) is 20.7. The molecule has 0 unspecified atom stereocenters. The predicted octanol–water partition coefficient (Wildman–Crippen LogP) is 4.33. The van der Waals surface area contributed by atoms with E-state index >= 15 is 0 Å². The Kier molecular flexibility index (Phi) is 6.58. The van der Waals surface area contributed by atoms with Crippen LogP contribution in [0.15, 0.2) is 42.9 Å². The third kappa shape index (κ3) is 4.62. The molecule has 1 aliphatic rings. The predicted molar refractivity (Wildman–Crippen MR) is 136 cm³/mol. The highest BCUT2D eigenvalue weighted by atomic mass is 19.1. The molecule has 188 valence electrons. The Morgan fingerprint density at radius 2 is 2.00 bits per heavy atom. The highest BCUT2D eigenvalue weighted by Crippen LogP contribution is 2.36. The lowest BCUT2D eigenvalue weighted by Gasteiger charge is -2.29. The first-order chi connectivity index (χ1) is 17.5. The lowest BCUT2D eigenvalue weighted by molar-refractivity contribution is 0.0962. The van der Waals surface area contributed by atoms with E-state index in [-0.39, 0.29) is 29.4 Å². The van der Waals surface area contributed by atoms with Crippen LogP contribution in [0.4, 0.5) is 10.2 Å². The Bertz CT molecular complexity index is 1390.